The third-order valence-corrected chi connectivity index (χ3v) is 7.62. The second-order valence-corrected chi connectivity index (χ2v) is 11.2. The fourth-order valence-electron chi connectivity index (χ4n) is 4.28. The fourth-order valence-corrected chi connectivity index (χ4v) is 5.59. The zero-order chi connectivity index (χ0) is 26.4. The maximum atomic E-state index is 12.4. The minimum atomic E-state index is -4.89. The molecule has 1 aliphatic heterocycles. The van der Waals surface area contributed by atoms with Gasteiger partial charge in [0.15, 0.2) is 0 Å². The Balaban J connectivity index is 2.24. The Bertz CT molecular complexity index is 1760. The molecule has 2 aliphatic rings. The largest absolute Gasteiger partial charge is 0.456 e. The molecule has 0 bridgehead atoms. The minimum Gasteiger partial charge on any atom is -0.456 e. The maximum Gasteiger partial charge on any atom is 0.295 e. The SMILES string of the molecule is CC/N=c1/cc2oc3cc(NCC)c(C)cc3c(-c3ccc(S(=O)(=O)O)cc3S(=O)(=O)O)c-2cc1C. The molecule has 0 atom stereocenters. The van der Waals surface area contributed by atoms with E-state index in [4.69, 9.17) is 4.42 Å². The van der Waals surface area contributed by atoms with Crippen molar-refractivity contribution in [2.24, 2.45) is 4.99 Å². The van der Waals surface area contributed by atoms with Gasteiger partial charge < -0.3 is 9.73 Å². The van der Waals surface area contributed by atoms with Crippen LogP contribution in [-0.4, -0.2) is 39.0 Å². The van der Waals surface area contributed by atoms with Gasteiger partial charge in [-0.3, -0.25) is 14.1 Å². The quantitative estimate of drug-likeness (QED) is 0.241. The van der Waals surface area contributed by atoms with Gasteiger partial charge in [-0.25, -0.2) is 0 Å². The highest BCUT2D eigenvalue weighted by Gasteiger charge is 2.26. The summed E-state index contributed by atoms with van der Waals surface area (Å²) in [5.41, 5.74) is 4.02. The number of nitrogens with one attached hydrogen (secondary N) is 1. The van der Waals surface area contributed by atoms with E-state index in [-0.39, 0.29) is 5.56 Å². The second kappa shape index (κ2) is 9.32. The van der Waals surface area contributed by atoms with Crippen molar-refractivity contribution >= 4 is 36.9 Å². The van der Waals surface area contributed by atoms with Crippen LogP contribution in [0.5, 0.6) is 0 Å². The van der Waals surface area contributed by atoms with Crippen LogP contribution >= 0.6 is 0 Å². The number of benzene rings is 3. The van der Waals surface area contributed by atoms with Crippen LogP contribution in [0.1, 0.15) is 25.0 Å². The molecule has 3 N–H and O–H groups in total. The summed E-state index contributed by atoms with van der Waals surface area (Å²) < 4.78 is 74.1. The van der Waals surface area contributed by atoms with E-state index in [0.29, 0.717) is 40.9 Å². The lowest BCUT2D eigenvalue weighted by molar-refractivity contribution is 0.481. The third kappa shape index (κ3) is 4.74. The standard InChI is InChI=1S/C25H26N2O7S2/c1-5-26-20-12-22-18(9-14(20)3)25(19-10-15(4)21(27-6-2)13-23(19)34-22)17-8-7-16(35(28,29)30)11-24(17)36(31,32)33/h7-13,26H,5-6H2,1-4H3,(H,28,29,30)(H,31,32,33)/b27-21-. The van der Waals surface area contributed by atoms with Crippen LogP contribution in [0.2, 0.25) is 0 Å². The van der Waals surface area contributed by atoms with Crippen LogP contribution in [0.4, 0.5) is 5.69 Å². The lowest BCUT2D eigenvalue weighted by Crippen LogP contribution is -2.10. The van der Waals surface area contributed by atoms with Crippen LogP contribution in [0.25, 0.3) is 33.4 Å². The van der Waals surface area contributed by atoms with Crippen LogP contribution < -0.4 is 10.7 Å². The Morgan fingerprint density at radius 2 is 1.61 bits per heavy atom. The summed E-state index contributed by atoms with van der Waals surface area (Å²) in [5, 5.41) is 4.55. The molecule has 0 amide bonds. The number of aryl methyl sites for hydroxylation is 2. The third-order valence-electron chi connectivity index (χ3n) is 5.88. The highest BCUT2D eigenvalue weighted by molar-refractivity contribution is 7.86. The van der Waals surface area contributed by atoms with Gasteiger partial charge in [-0.1, -0.05) is 6.07 Å². The monoisotopic (exact) mass is 530 g/mol. The van der Waals surface area contributed by atoms with Gasteiger partial charge in [0.25, 0.3) is 20.2 Å². The lowest BCUT2D eigenvalue weighted by Gasteiger charge is -2.19. The Kier molecular flexibility index (Phi) is 6.69. The molecule has 36 heavy (non-hydrogen) atoms. The highest BCUT2D eigenvalue weighted by atomic mass is 32.2. The summed E-state index contributed by atoms with van der Waals surface area (Å²) >= 11 is 0. The molecule has 1 aliphatic carbocycles. The number of hydrogen-bond donors (Lipinski definition) is 3. The molecule has 11 heteroatoms. The van der Waals surface area contributed by atoms with Crippen molar-refractivity contribution in [1.82, 2.24) is 0 Å². The topological polar surface area (TPSA) is 146 Å². The van der Waals surface area contributed by atoms with E-state index in [9.17, 15) is 25.9 Å². The molecule has 0 saturated heterocycles. The summed E-state index contributed by atoms with van der Waals surface area (Å²) in [7, 11) is -9.61. The lowest BCUT2D eigenvalue weighted by atomic mass is 9.91. The Labute approximate surface area is 209 Å². The first-order valence-corrected chi connectivity index (χ1v) is 14.1. The van der Waals surface area contributed by atoms with Gasteiger partial charge in [-0.05, 0) is 63.1 Å². The van der Waals surface area contributed by atoms with Gasteiger partial charge in [0.2, 0.25) is 0 Å². The summed E-state index contributed by atoms with van der Waals surface area (Å²) in [6.45, 7) is 8.86. The first-order valence-electron chi connectivity index (χ1n) is 11.2. The Morgan fingerprint density at radius 3 is 2.22 bits per heavy atom. The molecule has 2 aromatic carbocycles. The van der Waals surface area contributed by atoms with E-state index in [0.717, 1.165) is 34.3 Å². The average molecular weight is 531 g/mol. The predicted octanol–water partition coefficient (Wildman–Crippen LogP) is 4.67. The first-order chi connectivity index (χ1) is 16.8. The molecule has 190 valence electrons. The van der Waals surface area contributed by atoms with Gasteiger partial charge in [0.1, 0.15) is 16.2 Å². The van der Waals surface area contributed by atoms with E-state index in [1.165, 1.54) is 6.07 Å². The van der Waals surface area contributed by atoms with E-state index < -0.39 is 30.0 Å². The summed E-state index contributed by atoms with van der Waals surface area (Å²) in [4.78, 5) is 3.19. The van der Waals surface area contributed by atoms with Crippen LogP contribution in [0.15, 0.2) is 61.7 Å². The smallest absolute Gasteiger partial charge is 0.295 e. The predicted molar refractivity (Wildman–Crippen MR) is 138 cm³/mol. The van der Waals surface area contributed by atoms with Crippen molar-refractivity contribution in [2.45, 2.75) is 37.5 Å². The van der Waals surface area contributed by atoms with Crippen molar-refractivity contribution < 1.29 is 30.4 Å². The summed E-state index contributed by atoms with van der Waals surface area (Å²) in [5.74, 6) is 0.432. The van der Waals surface area contributed by atoms with Crippen molar-refractivity contribution in [1.29, 1.82) is 0 Å². The van der Waals surface area contributed by atoms with Gasteiger partial charge in [-0.15, -0.1) is 0 Å². The Hall–Kier alpha value is -3.25. The fraction of sp³-hybridized carbons (Fsp3) is 0.240. The molecule has 9 nitrogen and oxygen atoms in total. The molecule has 0 radical (unpaired) electrons. The minimum absolute atomic E-state index is 0.0610. The normalized spacial score (nSPS) is 13.0. The molecule has 1 heterocycles. The van der Waals surface area contributed by atoms with E-state index in [2.05, 4.69) is 10.3 Å². The summed E-state index contributed by atoms with van der Waals surface area (Å²) in [6, 6.07) is 10.3. The number of hydrogen-bond acceptors (Lipinski definition) is 7. The summed E-state index contributed by atoms with van der Waals surface area (Å²) in [6.07, 6.45) is 0. The number of rotatable bonds is 6. The number of nitrogens with zero attached hydrogens (tertiary/aromatic N) is 1. The second-order valence-electron chi connectivity index (χ2n) is 8.39. The molecule has 2 aromatic rings. The molecule has 4 rings (SSSR count). The van der Waals surface area contributed by atoms with E-state index in [1.54, 1.807) is 6.07 Å². The van der Waals surface area contributed by atoms with Crippen LogP contribution in [0.3, 0.4) is 0 Å². The van der Waals surface area contributed by atoms with Crippen molar-refractivity contribution in [3.8, 4) is 22.5 Å². The van der Waals surface area contributed by atoms with Gasteiger partial charge >= 0.3 is 0 Å². The molecule has 0 aromatic heterocycles. The molecule has 0 saturated carbocycles. The van der Waals surface area contributed by atoms with E-state index >= 15 is 0 Å². The number of anilines is 1. The molecule has 0 fully saturated rings. The molecule has 0 spiro atoms. The highest BCUT2D eigenvalue weighted by Crippen LogP contribution is 2.44. The average Bonchev–Trinajstić information content (AvgIpc) is 2.78. The maximum absolute atomic E-state index is 12.4. The van der Waals surface area contributed by atoms with Crippen LogP contribution in [-0.2, 0) is 20.2 Å². The molecule has 0 unspecified atom stereocenters. The van der Waals surface area contributed by atoms with Gasteiger partial charge in [-0.2, -0.15) is 16.8 Å². The first kappa shape index (κ1) is 25.8. The van der Waals surface area contributed by atoms with Gasteiger partial charge in [0.05, 0.1) is 10.3 Å². The zero-order valence-corrected chi connectivity index (χ0v) is 21.8. The Morgan fingerprint density at radius 1 is 0.889 bits per heavy atom. The number of fused-ring (bicyclic) bond motifs is 2. The molecular formula is C25H26N2O7S2. The van der Waals surface area contributed by atoms with Crippen molar-refractivity contribution in [2.75, 3.05) is 18.4 Å². The van der Waals surface area contributed by atoms with Crippen LogP contribution in [0, 0.1) is 13.8 Å². The van der Waals surface area contributed by atoms with Crippen molar-refractivity contribution in [3.05, 3.63) is 58.9 Å². The molecular weight excluding hydrogens is 504 g/mol. The zero-order valence-electron chi connectivity index (χ0n) is 20.2. The van der Waals surface area contributed by atoms with E-state index in [1.807, 2.05) is 45.9 Å². The van der Waals surface area contributed by atoms with Gasteiger partial charge in [0, 0.05) is 53.0 Å². The van der Waals surface area contributed by atoms with Crippen molar-refractivity contribution in [3.63, 3.8) is 0 Å².